The van der Waals surface area contributed by atoms with Crippen molar-refractivity contribution in [1.29, 1.82) is 0 Å². The first-order valence-corrected chi connectivity index (χ1v) is 27.7. The quantitative estimate of drug-likeness (QED) is 0.0149. The van der Waals surface area contributed by atoms with E-state index in [0.717, 1.165) is 70.6 Å². The number of hydrogen-bond donors (Lipinski definition) is 6. The van der Waals surface area contributed by atoms with Crippen molar-refractivity contribution < 1.29 is 49.3 Å². The van der Waals surface area contributed by atoms with Gasteiger partial charge in [0.1, 0.15) is 24.4 Å². The smallest absolute Gasteiger partial charge is 0.306 e. The Hall–Kier alpha value is -4.46. The van der Waals surface area contributed by atoms with Crippen LogP contribution in [0, 0.1) is 0 Å². The molecule has 1 rings (SSSR count). The van der Waals surface area contributed by atoms with Gasteiger partial charge >= 0.3 is 5.97 Å². The first-order valence-electron chi connectivity index (χ1n) is 27.7. The van der Waals surface area contributed by atoms with E-state index in [-0.39, 0.29) is 19.4 Å². The fourth-order valence-electron chi connectivity index (χ4n) is 7.51. The monoisotopic (exact) mass is 1020 g/mol. The number of nitrogens with one attached hydrogen (secondary N) is 1. The molecule has 1 fully saturated rings. The standard InChI is InChI=1S/C62H97NO10/c1-4-7-10-13-16-19-22-24-25-26-27-28-29-30-32-34-37-40-43-46-49-55(66)61(70)63-53(54(65)48-45-42-39-36-33-21-18-15-12-9-6-3)52-71-62-60(59(69)58(68)56(51-64)72-62)73-57(67)50-47-44-41-38-35-31-23-20-17-14-11-8-5-2/h7-8,10-11,14,16-17,19-20,23-25,27-28,30-32,35,37-38,40-41,45,48,53-56,58-60,62,64-66,68-69H,4-6,9,12-13,15,18,21-22,26,29,33-34,36,39,42-44,46-47,49-52H2,1-3H3,(H,63,70)/b10-7-,11-8+,17-14+,19-16-,23-20-,25-24-,28-27-,32-30-,35-31-,40-37-,41-38+,48-45+. The molecular formula is C62H97NO10. The Bertz CT molecular complexity index is 1730. The summed E-state index contributed by atoms with van der Waals surface area (Å²) < 4.78 is 17.4. The average molecular weight is 1020 g/mol. The molecule has 8 unspecified atom stereocenters. The molecule has 1 amide bonds. The molecule has 0 spiro atoms. The van der Waals surface area contributed by atoms with Crippen molar-refractivity contribution in [2.75, 3.05) is 13.2 Å². The van der Waals surface area contributed by atoms with E-state index in [2.05, 4.69) is 99.0 Å². The first kappa shape index (κ1) is 66.6. The second-order valence-corrected chi connectivity index (χ2v) is 18.3. The summed E-state index contributed by atoms with van der Waals surface area (Å²) >= 11 is 0. The lowest BCUT2D eigenvalue weighted by molar-refractivity contribution is -0.305. The van der Waals surface area contributed by atoms with Gasteiger partial charge in [-0.2, -0.15) is 0 Å². The fourth-order valence-corrected chi connectivity index (χ4v) is 7.51. The van der Waals surface area contributed by atoms with Crippen molar-refractivity contribution in [1.82, 2.24) is 5.32 Å². The molecule has 0 aromatic carbocycles. The molecule has 73 heavy (non-hydrogen) atoms. The Morgan fingerprint density at radius 1 is 0.562 bits per heavy atom. The number of allylic oxidation sites excluding steroid dienone is 23. The number of aliphatic hydroxyl groups excluding tert-OH is 5. The highest BCUT2D eigenvalue weighted by Gasteiger charge is 2.47. The van der Waals surface area contributed by atoms with Gasteiger partial charge in [-0.1, -0.05) is 218 Å². The van der Waals surface area contributed by atoms with Crippen LogP contribution in [0.4, 0.5) is 0 Å². The van der Waals surface area contributed by atoms with Gasteiger partial charge in [0.25, 0.3) is 0 Å². The summed E-state index contributed by atoms with van der Waals surface area (Å²) in [5, 5.41) is 56.6. The van der Waals surface area contributed by atoms with Crippen molar-refractivity contribution in [2.24, 2.45) is 0 Å². The number of aliphatic hydroxyl groups is 5. The van der Waals surface area contributed by atoms with Crippen molar-refractivity contribution in [3.05, 3.63) is 146 Å². The topological polar surface area (TPSA) is 175 Å². The van der Waals surface area contributed by atoms with E-state index in [1.165, 1.54) is 38.5 Å². The SMILES string of the molecule is CC/C=C\C/C=C\C/C=C\C/C=C\C/C=C\C/C=C\CCCC(O)C(=O)NC(COC1OC(CO)C(O)C(O)C1OC(=O)CCC/C=C/C=C\C=C/C=C/C=C/CC)C(O)/C=C/CCCCCCCCCCC. The molecule has 410 valence electrons. The van der Waals surface area contributed by atoms with Crippen LogP contribution in [0.2, 0.25) is 0 Å². The Kier molecular flexibility index (Phi) is 44.2. The fraction of sp³-hybridized carbons (Fsp3) is 0.581. The predicted octanol–water partition coefficient (Wildman–Crippen LogP) is 12.3. The molecule has 1 heterocycles. The molecule has 0 radical (unpaired) electrons. The van der Waals surface area contributed by atoms with E-state index in [9.17, 15) is 35.1 Å². The molecule has 8 atom stereocenters. The molecule has 1 aliphatic rings. The van der Waals surface area contributed by atoms with Gasteiger partial charge in [-0.25, -0.2) is 0 Å². The third-order valence-corrected chi connectivity index (χ3v) is 11.9. The van der Waals surface area contributed by atoms with Crippen LogP contribution in [0.1, 0.15) is 168 Å². The summed E-state index contributed by atoms with van der Waals surface area (Å²) in [5.74, 6) is -1.34. The molecule has 0 bridgehead atoms. The van der Waals surface area contributed by atoms with E-state index in [0.29, 0.717) is 25.7 Å². The maximum absolute atomic E-state index is 13.4. The Labute approximate surface area is 441 Å². The third kappa shape index (κ3) is 37.0. The highest BCUT2D eigenvalue weighted by Crippen LogP contribution is 2.26. The molecule has 11 heteroatoms. The zero-order valence-electron chi connectivity index (χ0n) is 44.9. The van der Waals surface area contributed by atoms with Gasteiger partial charge in [0, 0.05) is 6.42 Å². The van der Waals surface area contributed by atoms with Crippen LogP contribution in [0.25, 0.3) is 0 Å². The molecule has 1 aliphatic heterocycles. The predicted molar refractivity (Wildman–Crippen MR) is 300 cm³/mol. The van der Waals surface area contributed by atoms with Crippen LogP contribution in [0.15, 0.2) is 146 Å². The van der Waals surface area contributed by atoms with Gasteiger partial charge in [-0.05, 0) is 89.9 Å². The van der Waals surface area contributed by atoms with Gasteiger partial charge in [0.2, 0.25) is 5.91 Å². The van der Waals surface area contributed by atoms with Crippen LogP contribution in [0.3, 0.4) is 0 Å². The Morgan fingerprint density at radius 2 is 1.05 bits per heavy atom. The molecular weight excluding hydrogens is 919 g/mol. The highest BCUT2D eigenvalue weighted by atomic mass is 16.7. The molecule has 0 aromatic heterocycles. The van der Waals surface area contributed by atoms with Crippen LogP contribution in [0.5, 0.6) is 0 Å². The van der Waals surface area contributed by atoms with Crippen LogP contribution >= 0.6 is 0 Å². The number of rotatable bonds is 43. The lowest BCUT2D eigenvalue weighted by atomic mass is 9.99. The summed E-state index contributed by atoms with van der Waals surface area (Å²) in [4.78, 5) is 26.4. The summed E-state index contributed by atoms with van der Waals surface area (Å²) in [6.07, 6.45) is 59.1. The molecule has 0 aliphatic carbocycles. The normalized spacial score (nSPS) is 20.6. The van der Waals surface area contributed by atoms with Crippen LogP contribution in [-0.2, 0) is 23.8 Å². The summed E-state index contributed by atoms with van der Waals surface area (Å²) in [6.45, 7) is 5.40. The minimum atomic E-state index is -1.66. The van der Waals surface area contributed by atoms with Crippen molar-refractivity contribution in [3.8, 4) is 0 Å². The van der Waals surface area contributed by atoms with Gasteiger partial charge in [0.05, 0.1) is 25.4 Å². The van der Waals surface area contributed by atoms with E-state index in [4.69, 9.17) is 14.2 Å². The van der Waals surface area contributed by atoms with Crippen molar-refractivity contribution in [2.45, 2.75) is 217 Å². The van der Waals surface area contributed by atoms with E-state index >= 15 is 0 Å². The van der Waals surface area contributed by atoms with E-state index in [1.807, 2.05) is 66.8 Å². The first-order chi connectivity index (χ1) is 35.7. The third-order valence-electron chi connectivity index (χ3n) is 11.9. The van der Waals surface area contributed by atoms with Gasteiger partial charge < -0.3 is 45.1 Å². The molecule has 0 aromatic rings. The molecule has 1 saturated heterocycles. The number of esters is 1. The Balaban J connectivity index is 2.81. The molecule has 0 saturated carbocycles. The zero-order valence-corrected chi connectivity index (χ0v) is 44.9. The lowest BCUT2D eigenvalue weighted by Crippen LogP contribution is -2.61. The summed E-state index contributed by atoms with van der Waals surface area (Å²) in [6, 6.07) is -1.07. The van der Waals surface area contributed by atoms with E-state index in [1.54, 1.807) is 6.08 Å². The lowest BCUT2D eigenvalue weighted by Gasteiger charge is -2.41. The largest absolute Gasteiger partial charge is 0.454 e. The molecule has 11 nitrogen and oxygen atoms in total. The second kappa shape index (κ2) is 48.5. The van der Waals surface area contributed by atoms with Crippen molar-refractivity contribution >= 4 is 11.9 Å². The minimum Gasteiger partial charge on any atom is -0.454 e. The zero-order chi connectivity index (χ0) is 53.3. The van der Waals surface area contributed by atoms with Crippen molar-refractivity contribution in [3.63, 3.8) is 0 Å². The maximum Gasteiger partial charge on any atom is 0.306 e. The summed E-state index contributed by atoms with van der Waals surface area (Å²) in [7, 11) is 0. The Morgan fingerprint density at radius 3 is 1.62 bits per heavy atom. The highest BCUT2D eigenvalue weighted by molar-refractivity contribution is 5.80. The summed E-state index contributed by atoms with van der Waals surface area (Å²) in [5.41, 5.74) is 0. The van der Waals surface area contributed by atoms with Crippen LogP contribution in [-0.4, -0.2) is 99.6 Å². The van der Waals surface area contributed by atoms with Gasteiger partial charge in [-0.15, -0.1) is 0 Å². The number of unbranched alkanes of at least 4 members (excludes halogenated alkanes) is 11. The number of carbonyl (C=O) groups is 2. The van der Waals surface area contributed by atoms with Gasteiger partial charge in [-0.3, -0.25) is 9.59 Å². The number of ether oxygens (including phenoxy) is 3. The number of carbonyl (C=O) groups excluding carboxylic acids is 2. The second-order valence-electron chi connectivity index (χ2n) is 18.3. The van der Waals surface area contributed by atoms with Crippen LogP contribution < -0.4 is 5.32 Å². The average Bonchev–Trinajstić information content (AvgIpc) is 3.39. The maximum atomic E-state index is 13.4. The minimum absolute atomic E-state index is 0.0125. The van der Waals surface area contributed by atoms with E-state index < -0.39 is 67.4 Å². The number of hydrogen-bond acceptors (Lipinski definition) is 10. The molecule has 6 N–H and O–H groups in total. The van der Waals surface area contributed by atoms with Gasteiger partial charge in [0.15, 0.2) is 12.4 Å². The number of amides is 1.